The zero-order chi connectivity index (χ0) is 27.6. The van der Waals surface area contributed by atoms with Crippen LogP contribution in [0.3, 0.4) is 0 Å². The van der Waals surface area contributed by atoms with E-state index in [2.05, 4.69) is 56.4 Å². The molecule has 0 aliphatic rings. The van der Waals surface area contributed by atoms with Crippen molar-refractivity contribution in [3.05, 3.63) is 108 Å². The summed E-state index contributed by atoms with van der Waals surface area (Å²) in [5, 5.41) is 26.3. The van der Waals surface area contributed by atoms with Gasteiger partial charge in [-0.2, -0.15) is 5.26 Å². The number of benzene rings is 4. The first-order chi connectivity index (χ1) is 18.1. The molecule has 4 rings (SSSR count). The van der Waals surface area contributed by atoms with E-state index < -0.39 is 22.2 Å². The van der Waals surface area contributed by atoms with Crippen LogP contribution in [0.1, 0.15) is 49.2 Å². The van der Waals surface area contributed by atoms with Crippen LogP contribution >= 0.6 is 0 Å². The fourth-order valence-electron chi connectivity index (χ4n) is 6.16. The molecule has 0 aromatic heterocycles. The minimum atomic E-state index is -1.15. The molecule has 0 fully saturated rings. The van der Waals surface area contributed by atoms with Gasteiger partial charge in [-0.25, -0.2) is 0 Å². The third kappa shape index (κ3) is 4.26. The Bertz CT molecular complexity index is 1510. The molecule has 2 atom stereocenters. The number of ether oxygens (including phenoxy) is 1. The summed E-state index contributed by atoms with van der Waals surface area (Å²) in [6.45, 7) is 8.32. The number of nitrogens with one attached hydrogen (secondary N) is 1. The highest BCUT2D eigenvalue weighted by atomic mass is 16.5. The third-order valence-corrected chi connectivity index (χ3v) is 7.66. The second kappa shape index (κ2) is 10.2. The predicted molar refractivity (Wildman–Crippen MR) is 151 cm³/mol. The van der Waals surface area contributed by atoms with E-state index in [1.165, 1.54) is 6.07 Å². The van der Waals surface area contributed by atoms with E-state index in [1.54, 1.807) is 25.3 Å². The number of nitrogens with zero attached hydrogens (tertiary/aromatic N) is 1. The SMILES string of the molecule is COc1ccccc1C(c1cccc2ccccc12)(C(C)(C)C)C(C)(C#N)CNC(=O)c1ccccc1O. The molecule has 0 aliphatic heterocycles. The zero-order valence-corrected chi connectivity index (χ0v) is 22.6. The molecule has 38 heavy (non-hydrogen) atoms. The molecule has 0 heterocycles. The predicted octanol–water partition coefficient (Wildman–Crippen LogP) is 6.85. The summed E-state index contributed by atoms with van der Waals surface area (Å²) < 4.78 is 5.90. The molecule has 4 aromatic carbocycles. The number of phenols is 1. The summed E-state index contributed by atoms with van der Waals surface area (Å²) >= 11 is 0. The molecule has 0 saturated heterocycles. The summed E-state index contributed by atoms with van der Waals surface area (Å²) in [4.78, 5) is 13.2. The van der Waals surface area contributed by atoms with Crippen LogP contribution in [0.25, 0.3) is 10.8 Å². The number of hydrogen-bond acceptors (Lipinski definition) is 4. The lowest BCUT2D eigenvalue weighted by Gasteiger charge is -2.54. The number of fused-ring (bicyclic) bond motifs is 1. The number of amides is 1. The molecule has 0 radical (unpaired) electrons. The fraction of sp³-hybridized carbons (Fsp3) is 0.273. The molecule has 0 bridgehead atoms. The Balaban J connectivity index is 2.03. The minimum absolute atomic E-state index is 0.0369. The maximum Gasteiger partial charge on any atom is 0.255 e. The van der Waals surface area contributed by atoms with Crippen molar-refractivity contribution in [2.75, 3.05) is 13.7 Å². The fourth-order valence-corrected chi connectivity index (χ4v) is 6.16. The largest absolute Gasteiger partial charge is 0.507 e. The van der Waals surface area contributed by atoms with E-state index >= 15 is 0 Å². The molecule has 1 amide bonds. The molecule has 0 aliphatic carbocycles. The lowest BCUT2D eigenvalue weighted by atomic mass is 9.47. The van der Waals surface area contributed by atoms with Crippen molar-refractivity contribution >= 4 is 16.7 Å². The number of carbonyl (C=O) groups excluding carboxylic acids is 1. The van der Waals surface area contributed by atoms with Crippen LogP contribution in [0, 0.1) is 22.2 Å². The quantitative estimate of drug-likeness (QED) is 0.287. The molecular weight excluding hydrogens is 472 g/mol. The van der Waals surface area contributed by atoms with Crippen LogP contribution in [0.2, 0.25) is 0 Å². The van der Waals surface area contributed by atoms with Gasteiger partial charge in [0.05, 0.1) is 24.2 Å². The molecule has 5 heteroatoms. The Kier molecular flexibility index (Phi) is 7.20. The summed E-state index contributed by atoms with van der Waals surface area (Å²) in [5.74, 6) is 0.124. The first-order valence-electron chi connectivity index (χ1n) is 12.7. The molecule has 0 saturated carbocycles. The van der Waals surface area contributed by atoms with E-state index in [-0.39, 0.29) is 17.9 Å². The first kappa shape index (κ1) is 26.8. The third-order valence-electron chi connectivity index (χ3n) is 7.66. The number of methoxy groups -OCH3 is 1. The normalized spacial score (nSPS) is 14.6. The lowest BCUT2D eigenvalue weighted by Crippen LogP contribution is -2.57. The van der Waals surface area contributed by atoms with Crippen molar-refractivity contribution in [2.45, 2.75) is 33.1 Å². The first-order valence-corrected chi connectivity index (χ1v) is 12.7. The Morgan fingerprint density at radius 1 is 0.868 bits per heavy atom. The Hall–Kier alpha value is -4.30. The van der Waals surface area contributed by atoms with Crippen LogP contribution in [-0.4, -0.2) is 24.7 Å². The van der Waals surface area contributed by atoms with Gasteiger partial charge in [-0.15, -0.1) is 0 Å². The number of phenolic OH excluding ortho intramolecular Hbond substituents is 1. The molecule has 0 spiro atoms. The standard InChI is InChI=1S/C33H34N2O3/c1-31(2,3)33(27-17-9-11-20-29(27)38-5,26-18-12-14-23-13-6-7-15-24(23)26)32(4,21-34)22-35-30(37)25-16-8-10-19-28(25)36/h6-20,36H,22H2,1-5H3,(H,35,37). The van der Waals surface area contributed by atoms with E-state index in [0.717, 1.165) is 21.9 Å². The Morgan fingerprint density at radius 2 is 1.47 bits per heavy atom. The highest BCUT2D eigenvalue weighted by Gasteiger charge is 2.59. The van der Waals surface area contributed by atoms with Gasteiger partial charge in [0.1, 0.15) is 11.5 Å². The van der Waals surface area contributed by atoms with Crippen molar-refractivity contribution in [2.24, 2.45) is 10.8 Å². The van der Waals surface area contributed by atoms with Gasteiger partial charge in [0.25, 0.3) is 5.91 Å². The Labute approximate surface area is 224 Å². The summed E-state index contributed by atoms with van der Waals surface area (Å²) in [6.07, 6.45) is 0. The van der Waals surface area contributed by atoms with Crippen LogP contribution in [0.15, 0.2) is 91.0 Å². The summed E-state index contributed by atoms with van der Waals surface area (Å²) in [7, 11) is 1.64. The maximum absolute atomic E-state index is 13.2. The van der Waals surface area contributed by atoms with Gasteiger partial charge in [-0.05, 0) is 46.9 Å². The smallest absolute Gasteiger partial charge is 0.255 e. The average Bonchev–Trinajstić information content (AvgIpc) is 2.92. The van der Waals surface area contributed by atoms with Crippen LogP contribution < -0.4 is 10.1 Å². The van der Waals surface area contributed by atoms with E-state index in [4.69, 9.17) is 4.74 Å². The highest BCUT2D eigenvalue weighted by molar-refractivity contribution is 5.97. The topological polar surface area (TPSA) is 82.3 Å². The van der Waals surface area contributed by atoms with E-state index in [9.17, 15) is 15.2 Å². The molecule has 2 N–H and O–H groups in total. The summed E-state index contributed by atoms with van der Waals surface area (Å²) in [5.41, 5.74) is -0.592. The van der Waals surface area contributed by atoms with Crippen LogP contribution in [-0.2, 0) is 5.41 Å². The lowest BCUT2D eigenvalue weighted by molar-refractivity contribution is 0.0827. The maximum atomic E-state index is 13.2. The van der Waals surface area contributed by atoms with Crippen molar-refractivity contribution in [3.63, 3.8) is 0 Å². The summed E-state index contributed by atoms with van der Waals surface area (Å²) in [6, 6.07) is 31.2. The van der Waals surface area contributed by atoms with Crippen molar-refractivity contribution < 1.29 is 14.6 Å². The number of aromatic hydroxyl groups is 1. The molecule has 194 valence electrons. The van der Waals surface area contributed by atoms with Crippen LogP contribution in [0.5, 0.6) is 11.5 Å². The number of rotatable bonds is 7. The van der Waals surface area contributed by atoms with Gasteiger partial charge in [-0.1, -0.05) is 93.6 Å². The molecule has 2 unspecified atom stereocenters. The molecular formula is C33H34N2O3. The van der Waals surface area contributed by atoms with Gasteiger partial charge in [0.15, 0.2) is 0 Å². The molecule has 5 nitrogen and oxygen atoms in total. The van der Waals surface area contributed by atoms with E-state index in [1.807, 2.05) is 49.4 Å². The van der Waals surface area contributed by atoms with E-state index in [0.29, 0.717) is 5.75 Å². The number of para-hydroxylation sites is 2. The van der Waals surface area contributed by atoms with Crippen molar-refractivity contribution in [3.8, 4) is 17.6 Å². The van der Waals surface area contributed by atoms with Crippen LogP contribution in [0.4, 0.5) is 0 Å². The number of carbonyl (C=O) groups is 1. The number of hydrogen-bond donors (Lipinski definition) is 2. The highest BCUT2D eigenvalue weighted by Crippen LogP contribution is 2.60. The minimum Gasteiger partial charge on any atom is -0.507 e. The average molecular weight is 507 g/mol. The molecule has 4 aromatic rings. The van der Waals surface area contributed by atoms with Gasteiger partial charge in [-0.3, -0.25) is 4.79 Å². The van der Waals surface area contributed by atoms with Gasteiger partial charge in [0, 0.05) is 17.5 Å². The van der Waals surface area contributed by atoms with Crippen molar-refractivity contribution in [1.82, 2.24) is 5.32 Å². The second-order valence-corrected chi connectivity index (χ2v) is 10.9. The monoisotopic (exact) mass is 506 g/mol. The second-order valence-electron chi connectivity index (χ2n) is 10.9. The van der Waals surface area contributed by atoms with Gasteiger partial charge < -0.3 is 15.2 Å². The Morgan fingerprint density at radius 3 is 2.16 bits per heavy atom. The van der Waals surface area contributed by atoms with Crippen molar-refractivity contribution in [1.29, 1.82) is 5.26 Å². The van der Waals surface area contributed by atoms with Gasteiger partial charge in [0.2, 0.25) is 0 Å². The zero-order valence-electron chi connectivity index (χ0n) is 22.6. The number of nitriles is 1. The van der Waals surface area contributed by atoms with Gasteiger partial charge >= 0.3 is 0 Å².